The van der Waals surface area contributed by atoms with E-state index in [-0.39, 0.29) is 11.7 Å². The van der Waals surface area contributed by atoms with Crippen molar-refractivity contribution in [3.8, 4) is 0 Å². The van der Waals surface area contributed by atoms with Crippen LogP contribution in [0.3, 0.4) is 0 Å². The summed E-state index contributed by atoms with van der Waals surface area (Å²) >= 11 is 0. The van der Waals surface area contributed by atoms with Gasteiger partial charge in [0, 0.05) is 19.4 Å². The van der Waals surface area contributed by atoms with Crippen LogP contribution in [0.2, 0.25) is 0 Å². The van der Waals surface area contributed by atoms with Crippen molar-refractivity contribution >= 4 is 11.7 Å². The van der Waals surface area contributed by atoms with Crippen molar-refractivity contribution in [1.82, 2.24) is 4.90 Å². The number of carbonyl (C=O) groups excluding carboxylic acids is 2. The van der Waals surface area contributed by atoms with Crippen LogP contribution in [-0.2, 0) is 9.59 Å². The number of Topliss-reactive ketones (excluding diaryl/α,β-unsaturated/α-hetero) is 1. The molecule has 0 bridgehead atoms. The molecule has 1 fully saturated rings. The average molecular weight is 225 g/mol. The van der Waals surface area contributed by atoms with Crippen molar-refractivity contribution < 1.29 is 9.59 Å². The minimum Gasteiger partial charge on any atom is -0.335 e. The van der Waals surface area contributed by atoms with E-state index in [4.69, 9.17) is 0 Å². The molecule has 0 aromatic rings. The highest BCUT2D eigenvalue weighted by atomic mass is 16.2. The van der Waals surface area contributed by atoms with Gasteiger partial charge in [0.05, 0.1) is 6.54 Å². The number of carbonyl (C=O) groups is 2. The summed E-state index contributed by atoms with van der Waals surface area (Å²) in [5.41, 5.74) is 0. The van der Waals surface area contributed by atoms with Gasteiger partial charge in [0.25, 0.3) is 0 Å². The lowest BCUT2D eigenvalue weighted by Crippen LogP contribution is -2.35. The maximum atomic E-state index is 11.8. The first kappa shape index (κ1) is 13.2. The van der Waals surface area contributed by atoms with E-state index in [0.717, 1.165) is 19.4 Å². The second kappa shape index (κ2) is 6.02. The molecule has 0 aliphatic carbocycles. The van der Waals surface area contributed by atoms with Gasteiger partial charge in [-0.05, 0) is 24.7 Å². The Kier molecular flexibility index (Phi) is 4.97. The molecule has 0 spiro atoms. The Morgan fingerprint density at radius 1 is 1.44 bits per heavy atom. The van der Waals surface area contributed by atoms with Gasteiger partial charge in [0.15, 0.2) is 5.78 Å². The third kappa shape index (κ3) is 3.62. The first-order valence-electron chi connectivity index (χ1n) is 6.34. The Labute approximate surface area is 98.2 Å². The molecule has 1 saturated heterocycles. The third-order valence-electron chi connectivity index (χ3n) is 3.56. The molecule has 0 aromatic carbocycles. The zero-order chi connectivity index (χ0) is 12.1. The van der Waals surface area contributed by atoms with E-state index in [1.807, 2.05) is 6.92 Å². The smallest absolute Gasteiger partial charge is 0.222 e. The summed E-state index contributed by atoms with van der Waals surface area (Å²) in [7, 11) is 0. The van der Waals surface area contributed by atoms with Crippen molar-refractivity contribution in [3.63, 3.8) is 0 Å². The average Bonchev–Trinajstić information content (AvgIpc) is 2.42. The molecular weight excluding hydrogens is 202 g/mol. The highest BCUT2D eigenvalue weighted by Crippen LogP contribution is 2.25. The Morgan fingerprint density at radius 2 is 2.12 bits per heavy atom. The van der Waals surface area contributed by atoms with Crippen LogP contribution < -0.4 is 0 Å². The molecule has 0 saturated carbocycles. The second-order valence-corrected chi connectivity index (χ2v) is 5.04. The van der Waals surface area contributed by atoms with E-state index in [1.54, 1.807) is 4.90 Å². The van der Waals surface area contributed by atoms with Gasteiger partial charge >= 0.3 is 0 Å². The summed E-state index contributed by atoms with van der Waals surface area (Å²) < 4.78 is 0. The molecule has 1 unspecified atom stereocenters. The number of hydrogen-bond acceptors (Lipinski definition) is 2. The summed E-state index contributed by atoms with van der Waals surface area (Å²) in [6, 6.07) is 0. The zero-order valence-corrected chi connectivity index (χ0v) is 10.7. The zero-order valence-electron chi connectivity index (χ0n) is 10.7. The van der Waals surface area contributed by atoms with Gasteiger partial charge in [-0.2, -0.15) is 0 Å². The summed E-state index contributed by atoms with van der Waals surface area (Å²) in [6.07, 6.45) is 3.16. The van der Waals surface area contributed by atoms with Crippen LogP contribution in [0.15, 0.2) is 0 Å². The monoisotopic (exact) mass is 225 g/mol. The molecule has 3 nitrogen and oxygen atoms in total. The van der Waals surface area contributed by atoms with Crippen LogP contribution >= 0.6 is 0 Å². The van der Waals surface area contributed by atoms with E-state index >= 15 is 0 Å². The maximum Gasteiger partial charge on any atom is 0.222 e. The highest BCUT2D eigenvalue weighted by molar-refractivity contribution is 5.86. The van der Waals surface area contributed by atoms with Gasteiger partial charge in [-0.1, -0.05) is 20.8 Å². The van der Waals surface area contributed by atoms with Crippen LogP contribution in [0.1, 0.15) is 46.5 Å². The lowest BCUT2D eigenvalue weighted by molar-refractivity contribution is -0.134. The van der Waals surface area contributed by atoms with Gasteiger partial charge in [0.1, 0.15) is 0 Å². The lowest BCUT2D eigenvalue weighted by Gasteiger charge is -2.20. The van der Waals surface area contributed by atoms with Crippen molar-refractivity contribution in [3.05, 3.63) is 0 Å². The standard InChI is InChI=1S/C13H23NO2/c1-4-12(15)9-14-8-7-11(10(2)3)5-6-13(14)16/h10-11H,4-9H2,1-3H3. The minimum absolute atomic E-state index is 0.157. The Hall–Kier alpha value is -0.860. The third-order valence-corrected chi connectivity index (χ3v) is 3.56. The fourth-order valence-corrected chi connectivity index (χ4v) is 2.22. The molecule has 1 heterocycles. The SMILES string of the molecule is CCC(=O)CN1CCC(C(C)C)CCC1=O. The first-order valence-corrected chi connectivity index (χ1v) is 6.34. The molecule has 1 aliphatic heterocycles. The van der Waals surface area contributed by atoms with Crippen molar-refractivity contribution in [2.75, 3.05) is 13.1 Å². The molecule has 1 atom stereocenters. The molecule has 0 N–H and O–H groups in total. The fraction of sp³-hybridized carbons (Fsp3) is 0.846. The van der Waals surface area contributed by atoms with Gasteiger partial charge in [0.2, 0.25) is 5.91 Å². The van der Waals surface area contributed by atoms with E-state index in [0.29, 0.717) is 31.2 Å². The van der Waals surface area contributed by atoms with Crippen molar-refractivity contribution in [2.45, 2.75) is 46.5 Å². The highest BCUT2D eigenvalue weighted by Gasteiger charge is 2.24. The Morgan fingerprint density at radius 3 is 2.69 bits per heavy atom. The molecular formula is C13H23NO2. The summed E-state index contributed by atoms with van der Waals surface area (Å²) in [5, 5.41) is 0. The summed E-state index contributed by atoms with van der Waals surface area (Å²) in [5.74, 6) is 1.58. The lowest BCUT2D eigenvalue weighted by atomic mass is 9.89. The Bertz CT molecular complexity index is 261. The van der Waals surface area contributed by atoms with Crippen LogP contribution in [0.4, 0.5) is 0 Å². The molecule has 1 aliphatic rings. The van der Waals surface area contributed by atoms with Crippen LogP contribution in [0.5, 0.6) is 0 Å². The number of likely N-dealkylation sites (tertiary alicyclic amines) is 1. The van der Waals surface area contributed by atoms with Crippen LogP contribution in [-0.4, -0.2) is 29.7 Å². The molecule has 16 heavy (non-hydrogen) atoms. The van der Waals surface area contributed by atoms with Crippen LogP contribution in [0, 0.1) is 11.8 Å². The Balaban J connectivity index is 2.54. The maximum absolute atomic E-state index is 11.8. The van der Waals surface area contributed by atoms with Crippen molar-refractivity contribution in [1.29, 1.82) is 0 Å². The fourth-order valence-electron chi connectivity index (χ4n) is 2.22. The van der Waals surface area contributed by atoms with Crippen molar-refractivity contribution in [2.24, 2.45) is 11.8 Å². The largest absolute Gasteiger partial charge is 0.335 e. The summed E-state index contributed by atoms with van der Waals surface area (Å²) in [4.78, 5) is 24.9. The summed E-state index contributed by atoms with van der Waals surface area (Å²) in [6.45, 7) is 7.35. The van der Waals surface area contributed by atoms with E-state index < -0.39 is 0 Å². The topological polar surface area (TPSA) is 37.4 Å². The van der Waals surface area contributed by atoms with Crippen LogP contribution in [0.25, 0.3) is 0 Å². The first-order chi connectivity index (χ1) is 7.54. The number of ketones is 1. The van der Waals surface area contributed by atoms with Gasteiger partial charge in [-0.15, -0.1) is 0 Å². The molecule has 1 rings (SSSR count). The number of amides is 1. The normalized spacial score (nSPS) is 22.4. The molecule has 92 valence electrons. The number of hydrogen-bond donors (Lipinski definition) is 0. The predicted octanol–water partition coefficient (Wildman–Crippen LogP) is 2.25. The minimum atomic E-state index is 0.157. The predicted molar refractivity (Wildman–Crippen MR) is 64.1 cm³/mol. The van der Waals surface area contributed by atoms with Gasteiger partial charge in [-0.25, -0.2) is 0 Å². The molecule has 0 aromatic heterocycles. The number of nitrogens with zero attached hydrogens (tertiary/aromatic N) is 1. The van der Waals surface area contributed by atoms with Gasteiger partial charge in [-0.3, -0.25) is 9.59 Å². The van der Waals surface area contributed by atoms with E-state index in [1.165, 1.54) is 0 Å². The van der Waals surface area contributed by atoms with E-state index in [2.05, 4.69) is 13.8 Å². The van der Waals surface area contributed by atoms with Gasteiger partial charge < -0.3 is 4.90 Å². The number of rotatable bonds is 4. The van der Waals surface area contributed by atoms with E-state index in [9.17, 15) is 9.59 Å². The molecule has 3 heteroatoms. The molecule has 1 amide bonds. The second-order valence-electron chi connectivity index (χ2n) is 5.04. The quantitative estimate of drug-likeness (QED) is 0.736. The molecule has 0 radical (unpaired) electrons.